The van der Waals surface area contributed by atoms with Crippen LogP contribution in [-0.4, -0.2) is 44.4 Å². The van der Waals surface area contributed by atoms with Gasteiger partial charge in [0.1, 0.15) is 11.6 Å². The molecule has 2 fully saturated rings. The van der Waals surface area contributed by atoms with Crippen molar-refractivity contribution >= 4 is 40.7 Å². The molecule has 0 aliphatic carbocycles. The molecule has 0 aromatic heterocycles. The van der Waals surface area contributed by atoms with Crippen LogP contribution in [0.1, 0.15) is 45.6 Å². The summed E-state index contributed by atoms with van der Waals surface area (Å²) in [5, 5.41) is 8.07. The number of fused-ring (bicyclic) bond motifs is 1. The van der Waals surface area contributed by atoms with Crippen LogP contribution in [0.5, 0.6) is 0 Å². The first-order valence-corrected chi connectivity index (χ1v) is 8.92. The average Bonchev–Trinajstić information content (AvgIpc) is 2.92. The number of rotatable bonds is 3. The van der Waals surface area contributed by atoms with Gasteiger partial charge in [0, 0.05) is 5.69 Å². The Morgan fingerprint density at radius 1 is 1.27 bits per heavy atom. The van der Waals surface area contributed by atoms with Crippen molar-refractivity contribution in [3.05, 3.63) is 29.8 Å². The molecule has 2 heterocycles. The highest BCUT2D eigenvalue weighted by molar-refractivity contribution is 7.80. The predicted molar refractivity (Wildman–Crippen MR) is 101 cm³/mol. The predicted octanol–water partition coefficient (Wildman–Crippen LogP) is 1.76. The Hall–Kier alpha value is -2.32. The first-order valence-electron chi connectivity index (χ1n) is 8.51. The second-order valence-corrected chi connectivity index (χ2v) is 7.74. The van der Waals surface area contributed by atoms with Crippen LogP contribution in [0.4, 0.5) is 5.69 Å². The summed E-state index contributed by atoms with van der Waals surface area (Å²) in [4.78, 5) is 37.5. The lowest BCUT2D eigenvalue weighted by Crippen LogP contribution is -2.71. The standard InChI is InChI=1S/C18H22N4O3S/c1-10(2)11-5-7-12(8-6-11)19-15(24)13-9-14(23)21-17(26)20-16(25)18(3,4)22(13)21/h5-8,10,13H,9H2,1-4H3,(H,19,24)(H,20,25,26). The minimum absolute atomic E-state index is 0.0101. The molecule has 1 unspecified atom stereocenters. The molecular weight excluding hydrogens is 352 g/mol. The summed E-state index contributed by atoms with van der Waals surface area (Å²) >= 11 is 5.11. The van der Waals surface area contributed by atoms with Gasteiger partial charge in [0.15, 0.2) is 5.11 Å². The molecule has 26 heavy (non-hydrogen) atoms. The van der Waals surface area contributed by atoms with Crippen LogP contribution in [0.25, 0.3) is 0 Å². The van der Waals surface area contributed by atoms with Crippen LogP contribution in [0.3, 0.4) is 0 Å². The molecule has 0 saturated carbocycles. The van der Waals surface area contributed by atoms with E-state index in [-0.39, 0.29) is 29.3 Å². The van der Waals surface area contributed by atoms with Crippen molar-refractivity contribution in [3.63, 3.8) is 0 Å². The van der Waals surface area contributed by atoms with Gasteiger partial charge in [-0.3, -0.25) is 19.7 Å². The number of carbonyl (C=O) groups is 3. The van der Waals surface area contributed by atoms with E-state index in [4.69, 9.17) is 12.2 Å². The molecule has 2 aliphatic rings. The lowest BCUT2D eigenvalue weighted by atomic mass is 10.00. The molecule has 0 bridgehead atoms. The highest BCUT2D eigenvalue weighted by Crippen LogP contribution is 2.33. The topological polar surface area (TPSA) is 81.8 Å². The van der Waals surface area contributed by atoms with E-state index in [0.29, 0.717) is 11.6 Å². The zero-order valence-corrected chi connectivity index (χ0v) is 16.0. The Kier molecular flexibility index (Phi) is 4.58. The largest absolute Gasteiger partial charge is 0.325 e. The van der Waals surface area contributed by atoms with Crippen LogP contribution in [0, 0.1) is 0 Å². The second kappa shape index (κ2) is 6.44. The van der Waals surface area contributed by atoms with Gasteiger partial charge in [-0.2, -0.15) is 5.01 Å². The van der Waals surface area contributed by atoms with E-state index in [1.807, 2.05) is 24.3 Å². The van der Waals surface area contributed by atoms with E-state index in [1.165, 1.54) is 15.6 Å². The van der Waals surface area contributed by atoms with Crippen LogP contribution in [0.2, 0.25) is 0 Å². The van der Waals surface area contributed by atoms with Crippen LogP contribution in [0.15, 0.2) is 24.3 Å². The smallest absolute Gasteiger partial charge is 0.248 e. The molecule has 0 spiro atoms. The lowest BCUT2D eigenvalue weighted by molar-refractivity contribution is -0.154. The first-order chi connectivity index (χ1) is 12.1. The third kappa shape index (κ3) is 2.99. The van der Waals surface area contributed by atoms with Gasteiger partial charge in [-0.25, -0.2) is 5.01 Å². The van der Waals surface area contributed by atoms with E-state index in [9.17, 15) is 14.4 Å². The van der Waals surface area contributed by atoms with Crippen LogP contribution in [-0.2, 0) is 14.4 Å². The number of nitrogens with zero attached hydrogens (tertiary/aromatic N) is 2. The normalized spacial score (nSPS) is 22.4. The third-order valence-corrected chi connectivity index (χ3v) is 5.08. The summed E-state index contributed by atoms with van der Waals surface area (Å²) in [7, 11) is 0. The summed E-state index contributed by atoms with van der Waals surface area (Å²) < 4.78 is 0. The Bertz CT molecular complexity index is 788. The maximum atomic E-state index is 12.8. The van der Waals surface area contributed by atoms with E-state index >= 15 is 0 Å². The van der Waals surface area contributed by atoms with Crippen molar-refractivity contribution < 1.29 is 14.4 Å². The maximum Gasteiger partial charge on any atom is 0.248 e. The molecule has 1 aromatic carbocycles. The van der Waals surface area contributed by atoms with Gasteiger partial charge in [0.25, 0.3) is 0 Å². The molecule has 2 aliphatic heterocycles. The number of benzene rings is 1. The minimum atomic E-state index is -1.07. The number of carbonyl (C=O) groups excluding carboxylic acids is 3. The fraction of sp³-hybridized carbons (Fsp3) is 0.444. The molecule has 2 saturated heterocycles. The Morgan fingerprint density at radius 2 is 1.88 bits per heavy atom. The summed E-state index contributed by atoms with van der Waals surface area (Å²) in [6.45, 7) is 7.51. The zero-order valence-electron chi connectivity index (χ0n) is 15.2. The zero-order chi connectivity index (χ0) is 19.2. The minimum Gasteiger partial charge on any atom is -0.325 e. The summed E-state index contributed by atoms with van der Waals surface area (Å²) in [5.74, 6) is -0.593. The molecule has 3 amide bonds. The quantitative estimate of drug-likeness (QED) is 0.788. The fourth-order valence-electron chi connectivity index (χ4n) is 3.24. The van der Waals surface area contributed by atoms with Crippen molar-refractivity contribution in [2.45, 2.75) is 51.6 Å². The van der Waals surface area contributed by atoms with Crippen molar-refractivity contribution in [1.29, 1.82) is 0 Å². The molecule has 7 nitrogen and oxygen atoms in total. The lowest BCUT2D eigenvalue weighted by Gasteiger charge is -2.45. The van der Waals surface area contributed by atoms with Gasteiger partial charge in [-0.05, 0) is 49.7 Å². The van der Waals surface area contributed by atoms with Gasteiger partial charge < -0.3 is 5.32 Å². The van der Waals surface area contributed by atoms with E-state index in [2.05, 4.69) is 24.5 Å². The number of nitrogens with one attached hydrogen (secondary N) is 2. The van der Waals surface area contributed by atoms with Crippen molar-refractivity contribution in [1.82, 2.24) is 15.3 Å². The molecule has 0 radical (unpaired) electrons. The van der Waals surface area contributed by atoms with Crippen molar-refractivity contribution in [2.24, 2.45) is 0 Å². The number of hydrogen-bond acceptors (Lipinski definition) is 5. The van der Waals surface area contributed by atoms with Crippen LogP contribution >= 0.6 is 12.2 Å². The highest BCUT2D eigenvalue weighted by atomic mass is 32.1. The molecule has 1 atom stereocenters. The second-order valence-electron chi connectivity index (χ2n) is 7.35. The van der Waals surface area contributed by atoms with E-state index < -0.39 is 11.6 Å². The Labute approximate surface area is 157 Å². The number of anilines is 1. The summed E-state index contributed by atoms with van der Waals surface area (Å²) in [5.41, 5.74) is 0.745. The molecule has 138 valence electrons. The molecular formula is C18H22N4O3S. The third-order valence-electron chi connectivity index (χ3n) is 4.80. The SMILES string of the molecule is CC(C)c1ccc(NC(=O)C2CC(=O)N3C(=S)NC(=O)C(C)(C)N23)cc1. The first kappa shape index (κ1) is 18.5. The summed E-state index contributed by atoms with van der Waals surface area (Å²) in [6, 6.07) is 6.78. The Balaban J connectivity index is 1.83. The van der Waals surface area contributed by atoms with Gasteiger partial charge in [0.05, 0.1) is 6.42 Å². The Morgan fingerprint density at radius 3 is 2.46 bits per heavy atom. The maximum absolute atomic E-state index is 12.8. The van der Waals surface area contributed by atoms with Crippen molar-refractivity contribution in [3.8, 4) is 0 Å². The number of hydrazine groups is 1. The van der Waals surface area contributed by atoms with Gasteiger partial charge in [-0.1, -0.05) is 26.0 Å². The number of thiocarbonyl (C=S) groups is 1. The number of hydrogen-bond donors (Lipinski definition) is 2. The van der Waals surface area contributed by atoms with E-state index in [1.54, 1.807) is 13.8 Å². The number of amides is 3. The van der Waals surface area contributed by atoms with Gasteiger partial charge in [0.2, 0.25) is 17.7 Å². The van der Waals surface area contributed by atoms with Gasteiger partial charge >= 0.3 is 0 Å². The van der Waals surface area contributed by atoms with Gasteiger partial charge in [-0.15, -0.1) is 0 Å². The highest BCUT2D eigenvalue weighted by Gasteiger charge is 2.56. The van der Waals surface area contributed by atoms with Crippen LogP contribution < -0.4 is 10.6 Å². The average molecular weight is 374 g/mol. The molecule has 2 N–H and O–H groups in total. The molecule has 8 heteroatoms. The summed E-state index contributed by atoms with van der Waals surface area (Å²) in [6.07, 6.45) is -0.0333. The molecule has 3 rings (SSSR count). The molecule has 1 aromatic rings. The fourth-order valence-corrected chi connectivity index (χ4v) is 3.52. The van der Waals surface area contributed by atoms with E-state index in [0.717, 1.165) is 0 Å². The van der Waals surface area contributed by atoms with Crippen molar-refractivity contribution in [2.75, 3.05) is 5.32 Å². The monoisotopic (exact) mass is 374 g/mol.